The largest absolute Gasteiger partial charge is 0.392 e. The van der Waals surface area contributed by atoms with Gasteiger partial charge in [-0.05, 0) is 54.9 Å². The van der Waals surface area contributed by atoms with Crippen molar-refractivity contribution in [1.29, 1.82) is 5.26 Å². The van der Waals surface area contributed by atoms with Gasteiger partial charge in [-0.2, -0.15) is 10.2 Å². The summed E-state index contributed by atoms with van der Waals surface area (Å²) in [4.78, 5) is 8.80. The molecule has 2 aliphatic rings. The zero-order valence-electron chi connectivity index (χ0n) is 16.7. The summed E-state index contributed by atoms with van der Waals surface area (Å²) < 4.78 is 0. The van der Waals surface area contributed by atoms with E-state index in [1.807, 2.05) is 19.9 Å². The van der Waals surface area contributed by atoms with Crippen molar-refractivity contribution < 1.29 is 5.11 Å². The lowest BCUT2D eigenvalue weighted by Crippen LogP contribution is -2.57. The number of halogens is 1. The third-order valence-electron chi connectivity index (χ3n) is 6.52. The van der Waals surface area contributed by atoms with Crippen LogP contribution in [-0.4, -0.2) is 33.8 Å². The molecule has 4 rings (SSSR count). The number of aryl methyl sites for hydroxylation is 1. The quantitative estimate of drug-likeness (QED) is 0.662. The first-order chi connectivity index (χ1) is 13.9. The lowest BCUT2D eigenvalue weighted by atomic mass is 9.64. The molecule has 0 radical (unpaired) electrons. The zero-order valence-corrected chi connectivity index (χ0v) is 17.5. The molecule has 7 heteroatoms. The molecule has 2 aromatic rings. The second-order valence-electron chi connectivity index (χ2n) is 8.63. The number of nitrogens with zero attached hydrogens (tertiary/aromatic N) is 3. The molecule has 3 atom stereocenters. The minimum Gasteiger partial charge on any atom is -0.392 e. The first-order valence-electron chi connectivity index (χ1n) is 10.1. The molecule has 1 unspecified atom stereocenters. The van der Waals surface area contributed by atoms with Crippen LogP contribution in [-0.2, 0) is 6.42 Å². The summed E-state index contributed by atoms with van der Waals surface area (Å²) in [5.74, 6) is 1.55. The molecule has 1 aromatic carbocycles. The number of hydrogen-bond donors (Lipinski definition) is 3. The smallest absolute Gasteiger partial charge is 0.224 e. The average Bonchev–Trinajstić information content (AvgIpc) is 3.10. The Hall–Kier alpha value is -2.36. The number of benzene rings is 1. The van der Waals surface area contributed by atoms with Crippen molar-refractivity contribution in [1.82, 2.24) is 9.97 Å². The van der Waals surface area contributed by atoms with E-state index in [-0.39, 0.29) is 17.6 Å². The van der Waals surface area contributed by atoms with Crippen LogP contribution in [0.25, 0.3) is 0 Å². The highest BCUT2D eigenvalue weighted by Gasteiger charge is 2.47. The van der Waals surface area contributed by atoms with E-state index in [1.54, 1.807) is 6.20 Å². The first kappa shape index (κ1) is 19.9. The topological polar surface area (TPSA) is 93.9 Å². The van der Waals surface area contributed by atoms with Gasteiger partial charge in [0.15, 0.2) is 0 Å². The van der Waals surface area contributed by atoms with Gasteiger partial charge in [0.2, 0.25) is 5.95 Å². The van der Waals surface area contributed by atoms with E-state index in [0.717, 1.165) is 30.8 Å². The summed E-state index contributed by atoms with van der Waals surface area (Å²) in [5.41, 5.74) is 2.91. The molecule has 1 aromatic heterocycles. The highest BCUT2D eigenvalue weighted by molar-refractivity contribution is 6.30. The normalized spacial score (nSPS) is 24.3. The number of rotatable bonds is 6. The maximum Gasteiger partial charge on any atom is 0.224 e. The lowest BCUT2D eigenvalue weighted by molar-refractivity contribution is -0.0511. The van der Waals surface area contributed by atoms with Crippen LogP contribution < -0.4 is 10.6 Å². The molecule has 152 valence electrons. The van der Waals surface area contributed by atoms with Gasteiger partial charge < -0.3 is 15.7 Å². The molecule has 1 heterocycles. The Bertz CT molecular complexity index is 955. The van der Waals surface area contributed by atoms with Gasteiger partial charge in [0, 0.05) is 23.0 Å². The fourth-order valence-corrected chi connectivity index (χ4v) is 4.50. The Morgan fingerprint density at radius 3 is 2.93 bits per heavy atom. The molecule has 3 N–H and O–H groups in total. The second kappa shape index (κ2) is 7.81. The third-order valence-corrected chi connectivity index (χ3v) is 6.75. The Morgan fingerprint density at radius 2 is 2.21 bits per heavy atom. The van der Waals surface area contributed by atoms with E-state index < -0.39 is 0 Å². The number of hydrogen-bond acceptors (Lipinski definition) is 6. The molecule has 1 saturated carbocycles. The number of anilines is 2. The van der Waals surface area contributed by atoms with Gasteiger partial charge in [0.25, 0.3) is 0 Å². The molecule has 0 amide bonds. The van der Waals surface area contributed by atoms with Crippen LogP contribution in [0.15, 0.2) is 24.4 Å². The number of nitriles is 1. The highest BCUT2D eigenvalue weighted by atomic mass is 35.5. The summed E-state index contributed by atoms with van der Waals surface area (Å²) >= 11 is 6.10. The minimum absolute atomic E-state index is 0.0779. The summed E-state index contributed by atoms with van der Waals surface area (Å²) in [5, 5.41) is 26.8. The van der Waals surface area contributed by atoms with Crippen LogP contribution in [0.4, 0.5) is 11.8 Å². The Labute approximate surface area is 176 Å². The van der Waals surface area contributed by atoms with Crippen molar-refractivity contribution in [2.24, 2.45) is 5.41 Å². The Balaban J connectivity index is 1.38. The van der Waals surface area contributed by atoms with E-state index in [9.17, 15) is 10.4 Å². The van der Waals surface area contributed by atoms with Crippen LogP contribution in [0.5, 0.6) is 0 Å². The van der Waals surface area contributed by atoms with E-state index in [0.29, 0.717) is 29.7 Å². The third kappa shape index (κ3) is 3.90. The molecular formula is C22H26ClN5O. The number of nitrogens with one attached hydrogen (secondary N) is 2. The molecule has 1 fully saturated rings. The van der Waals surface area contributed by atoms with Crippen LogP contribution in [0, 0.1) is 16.7 Å². The Kier molecular flexibility index (Phi) is 5.37. The standard InChI is InChI=1S/C22H26ClN5O/c1-22(2)18(10-19(22)29)27-20-15(11-24)12-26-21(28-20)25-8-7-13-3-4-14-9-16(23)5-6-17(13)14/h5-6,9,12-13,18-19,29H,3-4,7-8,10H2,1-2H3,(H2,25,26,27,28)/t13?,18-,19+/m1/s1. The van der Waals surface area contributed by atoms with Crippen molar-refractivity contribution >= 4 is 23.4 Å². The second-order valence-corrected chi connectivity index (χ2v) is 9.07. The van der Waals surface area contributed by atoms with Crippen molar-refractivity contribution in [2.75, 3.05) is 17.2 Å². The Morgan fingerprint density at radius 1 is 1.38 bits per heavy atom. The van der Waals surface area contributed by atoms with Gasteiger partial charge in [-0.1, -0.05) is 31.5 Å². The number of aliphatic hydroxyl groups is 1. The molecule has 0 aliphatic heterocycles. The van der Waals surface area contributed by atoms with Crippen molar-refractivity contribution in [2.45, 2.75) is 57.6 Å². The van der Waals surface area contributed by atoms with Crippen LogP contribution in [0.3, 0.4) is 0 Å². The molecule has 6 nitrogen and oxygen atoms in total. The summed E-state index contributed by atoms with van der Waals surface area (Å²) in [6.45, 7) is 4.78. The van der Waals surface area contributed by atoms with E-state index in [2.05, 4.69) is 38.8 Å². The summed E-state index contributed by atoms with van der Waals surface area (Å²) in [6.07, 6.45) is 5.06. The maximum absolute atomic E-state index is 9.95. The molecule has 0 spiro atoms. The van der Waals surface area contributed by atoms with Gasteiger partial charge in [0.05, 0.1) is 12.3 Å². The van der Waals surface area contributed by atoms with Crippen LogP contribution >= 0.6 is 11.6 Å². The highest BCUT2D eigenvalue weighted by Crippen LogP contribution is 2.42. The van der Waals surface area contributed by atoms with Gasteiger partial charge in [-0.15, -0.1) is 0 Å². The number of aromatic nitrogens is 2. The first-order valence-corrected chi connectivity index (χ1v) is 10.5. The zero-order chi connectivity index (χ0) is 20.6. The SMILES string of the molecule is CC1(C)[C@@H](O)C[C@H]1Nc1nc(NCCC2CCc3cc(Cl)ccc32)ncc1C#N. The van der Waals surface area contributed by atoms with Gasteiger partial charge >= 0.3 is 0 Å². The molecule has 2 aliphatic carbocycles. The summed E-state index contributed by atoms with van der Waals surface area (Å²) in [7, 11) is 0. The van der Waals surface area contributed by atoms with Gasteiger partial charge in [-0.25, -0.2) is 4.98 Å². The van der Waals surface area contributed by atoms with Crippen molar-refractivity contribution in [3.8, 4) is 6.07 Å². The molecule has 29 heavy (non-hydrogen) atoms. The predicted octanol–water partition coefficient (Wildman–Crippen LogP) is 4.10. The fraction of sp³-hybridized carbons (Fsp3) is 0.500. The molecule has 0 saturated heterocycles. The molecular weight excluding hydrogens is 386 g/mol. The van der Waals surface area contributed by atoms with Crippen LogP contribution in [0.2, 0.25) is 5.02 Å². The average molecular weight is 412 g/mol. The van der Waals surface area contributed by atoms with Crippen LogP contribution in [0.1, 0.15) is 55.7 Å². The minimum atomic E-state index is -0.339. The number of fused-ring (bicyclic) bond motifs is 1. The lowest BCUT2D eigenvalue weighted by Gasteiger charge is -2.49. The van der Waals surface area contributed by atoms with E-state index in [4.69, 9.17) is 11.6 Å². The summed E-state index contributed by atoms with van der Waals surface area (Å²) in [6, 6.07) is 8.40. The molecule has 0 bridgehead atoms. The number of aliphatic hydroxyl groups excluding tert-OH is 1. The van der Waals surface area contributed by atoms with E-state index >= 15 is 0 Å². The maximum atomic E-state index is 9.95. The van der Waals surface area contributed by atoms with Crippen molar-refractivity contribution in [3.63, 3.8) is 0 Å². The van der Waals surface area contributed by atoms with Crippen molar-refractivity contribution in [3.05, 3.63) is 46.1 Å². The van der Waals surface area contributed by atoms with E-state index in [1.165, 1.54) is 11.1 Å². The predicted molar refractivity (Wildman–Crippen MR) is 114 cm³/mol. The fourth-order valence-electron chi connectivity index (χ4n) is 4.30. The monoisotopic (exact) mass is 411 g/mol. The van der Waals surface area contributed by atoms with Gasteiger partial charge in [-0.3, -0.25) is 0 Å². The van der Waals surface area contributed by atoms with Gasteiger partial charge in [0.1, 0.15) is 17.5 Å².